The molecule has 0 aliphatic heterocycles. The van der Waals surface area contributed by atoms with Crippen LogP contribution < -0.4 is 5.32 Å². The number of carbonyl (C=O) groups excluding carboxylic acids is 1. The maximum absolute atomic E-state index is 13.0. The maximum Gasteiger partial charge on any atom is 0.435 e. The van der Waals surface area contributed by atoms with E-state index in [-0.39, 0.29) is 4.90 Å². The van der Waals surface area contributed by atoms with Gasteiger partial charge in [0, 0.05) is 26.3 Å². The molecule has 1 N–H and O–H groups in total. The van der Waals surface area contributed by atoms with Crippen molar-refractivity contribution in [3.63, 3.8) is 0 Å². The zero-order chi connectivity index (χ0) is 22.0. The van der Waals surface area contributed by atoms with Gasteiger partial charge in [-0.25, -0.2) is 8.42 Å². The Morgan fingerprint density at radius 2 is 1.76 bits per heavy atom. The molecule has 0 fully saturated rings. The summed E-state index contributed by atoms with van der Waals surface area (Å²) in [5.41, 5.74) is -1.28. The highest BCUT2D eigenvalue weighted by molar-refractivity contribution is 7.89. The van der Waals surface area contributed by atoms with Crippen molar-refractivity contribution >= 4 is 15.9 Å². The van der Waals surface area contributed by atoms with Crippen molar-refractivity contribution in [1.29, 1.82) is 0 Å². The van der Waals surface area contributed by atoms with Gasteiger partial charge in [-0.3, -0.25) is 9.48 Å². The molecule has 1 atom stereocenters. The minimum atomic E-state index is -4.75. The Morgan fingerprint density at radius 3 is 2.24 bits per heavy atom. The van der Waals surface area contributed by atoms with Gasteiger partial charge in [-0.2, -0.15) is 22.6 Å². The lowest BCUT2D eigenvalue weighted by molar-refractivity contribution is -0.141. The molecule has 1 heterocycles. The van der Waals surface area contributed by atoms with Crippen molar-refractivity contribution in [2.24, 2.45) is 7.05 Å². The van der Waals surface area contributed by atoms with Gasteiger partial charge >= 0.3 is 6.18 Å². The van der Waals surface area contributed by atoms with Gasteiger partial charge in [0.1, 0.15) is 0 Å². The smallest absolute Gasteiger partial charge is 0.345 e. The molecule has 0 radical (unpaired) electrons. The van der Waals surface area contributed by atoms with E-state index < -0.39 is 39.4 Å². The number of carbonyl (C=O) groups is 1. The number of sulfonamides is 1. The lowest BCUT2D eigenvalue weighted by atomic mass is 10.1. The van der Waals surface area contributed by atoms with Crippen molar-refractivity contribution in [2.75, 3.05) is 13.1 Å². The van der Waals surface area contributed by atoms with Crippen LogP contribution in [0.5, 0.6) is 0 Å². The lowest BCUT2D eigenvalue weighted by Crippen LogP contribution is -2.30. The van der Waals surface area contributed by atoms with Crippen molar-refractivity contribution in [3.8, 4) is 0 Å². The van der Waals surface area contributed by atoms with Gasteiger partial charge in [0.25, 0.3) is 5.91 Å². The number of aromatic nitrogens is 2. The standard InChI is InChI=1S/C18H23F3N4O3S/c1-5-25(6-2)29(27,28)14-9-7-13(8-10-14)12(3)22-17(26)15-11-24(4)23-16(15)18(19,20)21/h7-12H,5-6H2,1-4H3,(H,22,26). The van der Waals surface area contributed by atoms with Gasteiger partial charge in [0.15, 0.2) is 5.69 Å². The zero-order valence-corrected chi connectivity index (χ0v) is 17.3. The normalized spacial score (nSPS) is 13.5. The Morgan fingerprint density at radius 1 is 1.21 bits per heavy atom. The van der Waals surface area contributed by atoms with Crippen LogP contribution >= 0.6 is 0 Å². The summed E-state index contributed by atoms with van der Waals surface area (Å²) in [7, 11) is -2.32. The van der Waals surface area contributed by atoms with Crippen molar-refractivity contribution in [3.05, 3.63) is 47.3 Å². The van der Waals surface area contributed by atoms with Crippen LogP contribution in [0.25, 0.3) is 0 Å². The number of nitrogens with one attached hydrogen (secondary N) is 1. The number of halogens is 3. The number of benzene rings is 1. The topological polar surface area (TPSA) is 84.3 Å². The summed E-state index contributed by atoms with van der Waals surface area (Å²) in [6.45, 7) is 5.73. The molecular formula is C18H23F3N4O3S. The van der Waals surface area contributed by atoms with Crippen LogP contribution in [0.1, 0.15) is 48.4 Å². The van der Waals surface area contributed by atoms with Gasteiger partial charge in [-0.1, -0.05) is 26.0 Å². The molecular weight excluding hydrogens is 409 g/mol. The van der Waals surface area contributed by atoms with Crippen molar-refractivity contribution in [2.45, 2.75) is 37.9 Å². The van der Waals surface area contributed by atoms with Crippen molar-refractivity contribution in [1.82, 2.24) is 19.4 Å². The summed E-state index contributed by atoms with van der Waals surface area (Å²) in [6.07, 6.45) is -3.75. The first-order valence-electron chi connectivity index (χ1n) is 8.93. The van der Waals surface area contributed by atoms with E-state index in [4.69, 9.17) is 0 Å². The molecule has 7 nitrogen and oxygen atoms in total. The average molecular weight is 432 g/mol. The molecule has 1 aromatic carbocycles. The van der Waals surface area contributed by atoms with Crippen molar-refractivity contribution < 1.29 is 26.4 Å². The van der Waals surface area contributed by atoms with E-state index in [0.29, 0.717) is 18.7 Å². The first-order valence-corrected chi connectivity index (χ1v) is 10.4. The Labute approximate surface area is 167 Å². The van der Waals surface area contributed by atoms with E-state index in [1.807, 2.05) is 0 Å². The largest absolute Gasteiger partial charge is 0.435 e. The average Bonchev–Trinajstić information content (AvgIpc) is 3.05. The number of aryl methyl sites for hydroxylation is 1. The monoisotopic (exact) mass is 432 g/mol. The highest BCUT2D eigenvalue weighted by Crippen LogP contribution is 2.31. The van der Waals surface area contributed by atoms with E-state index >= 15 is 0 Å². The van der Waals surface area contributed by atoms with Gasteiger partial charge in [0.05, 0.1) is 16.5 Å². The number of hydrogen-bond donors (Lipinski definition) is 1. The summed E-state index contributed by atoms with van der Waals surface area (Å²) < 4.78 is 66.4. The number of nitrogens with zero attached hydrogens (tertiary/aromatic N) is 3. The lowest BCUT2D eigenvalue weighted by Gasteiger charge is -2.19. The molecule has 0 saturated carbocycles. The molecule has 1 unspecified atom stereocenters. The molecule has 29 heavy (non-hydrogen) atoms. The zero-order valence-electron chi connectivity index (χ0n) is 16.5. The fourth-order valence-corrected chi connectivity index (χ4v) is 4.32. The summed E-state index contributed by atoms with van der Waals surface area (Å²) in [5, 5.41) is 5.80. The summed E-state index contributed by atoms with van der Waals surface area (Å²) in [6, 6.07) is 5.23. The second-order valence-electron chi connectivity index (χ2n) is 6.42. The third-order valence-corrected chi connectivity index (χ3v) is 6.48. The molecule has 160 valence electrons. The number of rotatable bonds is 7. The summed E-state index contributed by atoms with van der Waals surface area (Å²) in [5.74, 6) is -0.919. The number of amides is 1. The maximum atomic E-state index is 13.0. The predicted molar refractivity (Wildman–Crippen MR) is 101 cm³/mol. The predicted octanol–water partition coefficient (Wildman–Crippen LogP) is 2.96. The van der Waals surface area contributed by atoms with Gasteiger partial charge < -0.3 is 5.32 Å². The molecule has 1 amide bonds. The van der Waals surface area contributed by atoms with Crippen LogP contribution in [0.4, 0.5) is 13.2 Å². The van der Waals surface area contributed by atoms with Gasteiger partial charge in [-0.05, 0) is 24.6 Å². The van der Waals surface area contributed by atoms with E-state index in [1.54, 1.807) is 20.8 Å². The summed E-state index contributed by atoms with van der Waals surface area (Å²) >= 11 is 0. The van der Waals surface area contributed by atoms with E-state index in [9.17, 15) is 26.4 Å². The van der Waals surface area contributed by atoms with E-state index in [1.165, 1.54) is 35.6 Å². The van der Waals surface area contributed by atoms with Crippen LogP contribution in [0.15, 0.2) is 35.4 Å². The molecule has 2 rings (SSSR count). The van der Waals surface area contributed by atoms with Crippen LogP contribution in [0.3, 0.4) is 0 Å². The van der Waals surface area contributed by atoms with Crippen LogP contribution in [-0.4, -0.2) is 41.5 Å². The first-order chi connectivity index (χ1) is 13.4. The Kier molecular flexibility index (Phi) is 6.74. The third kappa shape index (κ3) is 4.96. The minimum Gasteiger partial charge on any atom is -0.345 e. The number of hydrogen-bond acceptors (Lipinski definition) is 4. The summed E-state index contributed by atoms with van der Waals surface area (Å²) in [4.78, 5) is 12.4. The molecule has 0 aliphatic carbocycles. The molecule has 0 aliphatic rings. The Balaban J connectivity index is 2.20. The molecule has 11 heteroatoms. The second kappa shape index (κ2) is 8.54. The third-order valence-electron chi connectivity index (χ3n) is 4.41. The Hall–Kier alpha value is -2.40. The SMILES string of the molecule is CCN(CC)S(=O)(=O)c1ccc(C(C)NC(=O)c2cn(C)nc2C(F)(F)F)cc1. The fraction of sp³-hybridized carbons (Fsp3) is 0.444. The quantitative estimate of drug-likeness (QED) is 0.729. The molecule has 0 spiro atoms. The van der Waals surface area contributed by atoms with Gasteiger partial charge in [-0.15, -0.1) is 0 Å². The highest BCUT2D eigenvalue weighted by atomic mass is 32.2. The molecule has 0 saturated heterocycles. The number of alkyl halides is 3. The first kappa shape index (κ1) is 22.9. The highest BCUT2D eigenvalue weighted by Gasteiger charge is 2.39. The Bertz CT molecular complexity index is 965. The fourth-order valence-electron chi connectivity index (χ4n) is 2.86. The van der Waals surface area contributed by atoms with Crippen LogP contribution in [-0.2, 0) is 23.2 Å². The minimum absolute atomic E-state index is 0.107. The van der Waals surface area contributed by atoms with Gasteiger partial charge in [0.2, 0.25) is 10.0 Å². The van der Waals surface area contributed by atoms with Crippen LogP contribution in [0, 0.1) is 0 Å². The van der Waals surface area contributed by atoms with E-state index in [0.717, 1.165) is 10.9 Å². The molecule has 0 bridgehead atoms. The van der Waals surface area contributed by atoms with E-state index in [2.05, 4.69) is 10.4 Å². The molecule has 1 aromatic heterocycles. The van der Waals surface area contributed by atoms with Crippen LogP contribution in [0.2, 0.25) is 0 Å². The second-order valence-corrected chi connectivity index (χ2v) is 8.35. The molecule has 2 aromatic rings.